The van der Waals surface area contributed by atoms with Crippen molar-refractivity contribution in [2.45, 2.75) is 24.8 Å². The van der Waals surface area contributed by atoms with Gasteiger partial charge in [-0.25, -0.2) is 13.6 Å². The minimum atomic E-state index is -3.92. The van der Waals surface area contributed by atoms with Gasteiger partial charge in [0, 0.05) is 30.3 Å². The molecule has 0 radical (unpaired) electrons. The van der Waals surface area contributed by atoms with Crippen LogP contribution in [-0.4, -0.2) is 45.5 Å². The Morgan fingerprint density at radius 3 is 2.48 bits per heavy atom. The number of hydrogen-bond donors (Lipinski definition) is 1. The maximum Gasteiger partial charge on any atom is 0.254 e. The van der Waals surface area contributed by atoms with Crippen molar-refractivity contribution in [3.63, 3.8) is 0 Å². The molecular formula is C13H19ClN2O4S. The van der Waals surface area contributed by atoms with Crippen LogP contribution in [0.4, 0.5) is 0 Å². The zero-order valence-electron chi connectivity index (χ0n) is 12.2. The number of primary sulfonamides is 1. The number of sulfonamides is 1. The van der Waals surface area contributed by atoms with E-state index in [2.05, 4.69) is 0 Å². The lowest BCUT2D eigenvalue weighted by Gasteiger charge is -2.26. The molecule has 2 N–H and O–H groups in total. The molecule has 0 aliphatic rings. The van der Waals surface area contributed by atoms with Crippen LogP contribution in [0.5, 0.6) is 0 Å². The summed E-state index contributed by atoms with van der Waals surface area (Å²) in [5, 5.41) is 5.22. The average molecular weight is 335 g/mol. The quantitative estimate of drug-likeness (QED) is 0.853. The number of ether oxygens (including phenoxy) is 1. The van der Waals surface area contributed by atoms with E-state index in [9.17, 15) is 13.2 Å². The van der Waals surface area contributed by atoms with Crippen LogP contribution in [0.2, 0.25) is 5.02 Å². The smallest absolute Gasteiger partial charge is 0.254 e. The molecule has 8 heteroatoms. The van der Waals surface area contributed by atoms with Crippen LogP contribution < -0.4 is 5.14 Å². The van der Waals surface area contributed by atoms with Crippen molar-refractivity contribution in [2.24, 2.45) is 5.14 Å². The van der Waals surface area contributed by atoms with E-state index in [-0.39, 0.29) is 27.4 Å². The monoisotopic (exact) mass is 334 g/mol. The minimum Gasteiger partial charge on any atom is -0.383 e. The molecule has 1 amide bonds. The highest BCUT2D eigenvalue weighted by molar-refractivity contribution is 7.89. The number of carbonyl (C=O) groups is 1. The van der Waals surface area contributed by atoms with Gasteiger partial charge in [0.15, 0.2) is 0 Å². The van der Waals surface area contributed by atoms with Crippen LogP contribution in [0.1, 0.15) is 24.2 Å². The Morgan fingerprint density at radius 1 is 1.38 bits per heavy atom. The molecule has 0 saturated carbocycles. The fraction of sp³-hybridized carbons (Fsp3) is 0.462. The van der Waals surface area contributed by atoms with Crippen LogP contribution in [0, 0.1) is 0 Å². The molecule has 21 heavy (non-hydrogen) atoms. The Hall–Kier alpha value is -1.15. The maximum absolute atomic E-state index is 12.5. The first-order chi connectivity index (χ1) is 9.66. The number of carbonyl (C=O) groups excluding carboxylic acids is 1. The van der Waals surface area contributed by atoms with Gasteiger partial charge in [0.1, 0.15) is 0 Å². The van der Waals surface area contributed by atoms with Crippen LogP contribution in [-0.2, 0) is 14.8 Å². The molecule has 1 rings (SSSR count). The topological polar surface area (TPSA) is 89.7 Å². The van der Waals surface area contributed by atoms with Crippen molar-refractivity contribution in [3.05, 3.63) is 28.8 Å². The summed E-state index contributed by atoms with van der Waals surface area (Å²) in [4.78, 5) is 13.9. The summed E-state index contributed by atoms with van der Waals surface area (Å²) in [6, 6.07) is 3.79. The molecule has 0 unspecified atom stereocenters. The third-order valence-corrected chi connectivity index (χ3v) is 3.98. The van der Waals surface area contributed by atoms with E-state index in [4.69, 9.17) is 21.5 Å². The zero-order chi connectivity index (χ0) is 16.2. The van der Waals surface area contributed by atoms with Gasteiger partial charge in [0.05, 0.1) is 11.5 Å². The van der Waals surface area contributed by atoms with Gasteiger partial charge in [-0.05, 0) is 32.0 Å². The molecule has 6 nitrogen and oxygen atoms in total. The summed E-state index contributed by atoms with van der Waals surface area (Å²) in [7, 11) is -2.38. The van der Waals surface area contributed by atoms with E-state index in [0.29, 0.717) is 13.2 Å². The lowest BCUT2D eigenvalue weighted by Crippen LogP contribution is -2.39. The van der Waals surface area contributed by atoms with Gasteiger partial charge in [-0.15, -0.1) is 0 Å². The fourth-order valence-electron chi connectivity index (χ4n) is 1.80. The molecule has 1 aromatic carbocycles. The van der Waals surface area contributed by atoms with E-state index in [1.807, 2.05) is 13.8 Å². The number of rotatable bonds is 6. The normalized spacial score (nSPS) is 11.7. The summed E-state index contributed by atoms with van der Waals surface area (Å²) >= 11 is 5.87. The number of hydrogen-bond acceptors (Lipinski definition) is 4. The van der Waals surface area contributed by atoms with Crippen molar-refractivity contribution in [2.75, 3.05) is 20.3 Å². The Labute approximate surface area is 129 Å². The molecule has 0 aliphatic carbocycles. The molecule has 0 aromatic heterocycles. The molecule has 0 saturated heterocycles. The summed E-state index contributed by atoms with van der Waals surface area (Å²) in [6.07, 6.45) is 0. The second-order valence-electron chi connectivity index (χ2n) is 4.81. The summed E-state index contributed by atoms with van der Waals surface area (Å²) in [5.41, 5.74) is 0.177. The largest absolute Gasteiger partial charge is 0.383 e. The number of nitrogens with two attached hydrogens (primary N) is 1. The van der Waals surface area contributed by atoms with Crippen molar-refractivity contribution in [1.82, 2.24) is 4.90 Å². The van der Waals surface area contributed by atoms with Crippen molar-refractivity contribution >= 4 is 27.5 Å². The van der Waals surface area contributed by atoms with E-state index >= 15 is 0 Å². The number of methoxy groups -OCH3 is 1. The second kappa shape index (κ2) is 7.22. The first-order valence-corrected chi connectivity index (χ1v) is 8.22. The van der Waals surface area contributed by atoms with Gasteiger partial charge >= 0.3 is 0 Å². The van der Waals surface area contributed by atoms with Gasteiger partial charge in [-0.1, -0.05) is 11.6 Å². The predicted octanol–water partition coefficient (Wildman–Crippen LogP) is 1.48. The van der Waals surface area contributed by atoms with Crippen molar-refractivity contribution < 1.29 is 17.9 Å². The van der Waals surface area contributed by atoms with Gasteiger partial charge in [0.25, 0.3) is 5.91 Å². The first kappa shape index (κ1) is 17.9. The molecule has 0 atom stereocenters. The van der Waals surface area contributed by atoms with Crippen LogP contribution in [0.25, 0.3) is 0 Å². The SMILES string of the molecule is COCCN(C(=O)c1cc(Cl)cc(S(N)(=O)=O)c1)C(C)C. The lowest BCUT2D eigenvalue weighted by molar-refractivity contribution is 0.0634. The minimum absolute atomic E-state index is 0.0652. The lowest BCUT2D eigenvalue weighted by atomic mass is 10.1. The predicted molar refractivity (Wildman–Crippen MR) is 80.9 cm³/mol. The van der Waals surface area contributed by atoms with E-state index in [1.54, 1.807) is 12.0 Å². The second-order valence-corrected chi connectivity index (χ2v) is 6.80. The van der Waals surface area contributed by atoms with E-state index in [1.165, 1.54) is 18.2 Å². The average Bonchev–Trinajstić information content (AvgIpc) is 2.36. The standard InChI is InChI=1S/C13H19ClN2O4S/c1-9(2)16(4-5-20-3)13(17)10-6-11(14)8-12(7-10)21(15,18)19/h6-9H,4-5H2,1-3H3,(H2,15,18,19). The molecule has 0 fully saturated rings. The Bertz CT molecular complexity index is 617. The third kappa shape index (κ3) is 4.96. The summed E-state index contributed by atoms with van der Waals surface area (Å²) in [6.45, 7) is 4.49. The Kier molecular flexibility index (Phi) is 6.15. The van der Waals surface area contributed by atoms with E-state index < -0.39 is 10.0 Å². The van der Waals surface area contributed by atoms with Gasteiger partial charge in [-0.3, -0.25) is 4.79 Å². The number of nitrogens with zero attached hydrogens (tertiary/aromatic N) is 1. The Morgan fingerprint density at radius 2 is 2.00 bits per heavy atom. The Balaban J connectivity index is 3.19. The van der Waals surface area contributed by atoms with Crippen LogP contribution >= 0.6 is 11.6 Å². The summed E-state index contributed by atoms with van der Waals surface area (Å²) in [5.74, 6) is -0.325. The molecule has 118 valence electrons. The van der Waals surface area contributed by atoms with E-state index in [0.717, 1.165) is 0 Å². The van der Waals surface area contributed by atoms with Crippen molar-refractivity contribution in [1.29, 1.82) is 0 Å². The van der Waals surface area contributed by atoms with Gasteiger partial charge in [0.2, 0.25) is 10.0 Å². The highest BCUT2D eigenvalue weighted by atomic mass is 35.5. The van der Waals surface area contributed by atoms with Crippen LogP contribution in [0.15, 0.2) is 23.1 Å². The number of amides is 1. The highest BCUT2D eigenvalue weighted by Crippen LogP contribution is 2.20. The molecule has 0 spiro atoms. The molecule has 0 bridgehead atoms. The molecular weight excluding hydrogens is 316 g/mol. The number of benzene rings is 1. The summed E-state index contributed by atoms with van der Waals surface area (Å²) < 4.78 is 27.8. The molecule has 1 aromatic rings. The van der Waals surface area contributed by atoms with Crippen molar-refractivity contribution in [3.8, 4) is 0 Å². The first-order valence-electron chi connectivity index (χ1n) is 6.30. The van der Waals surface area contributed by atoms with Gasteiger partial charge in [-0.2, -0.15) is 0 Å². The number of halogens is 1. The highest BCUT2D eigenvalue weighted by Gasteiger charge is 2.21. The molecule has 0 heterocycles. The van der Waals surface area contributed by atoms with Gasteiger partial charge < -0.3 is 9.64 Å². The molecule has 0 aliphatic heterocycles. The maximum atomic E-state index is 12.5. The third-order valence-electron chi connectivity index (χ3n) is 2.87. The fourth-order valence-corrected chi connectivity index (χ4v) is 2.68. The van der Waals surface area contributed by atoms with Crippen LogP contribution in [0.3, 0.4) is 0 Å². The zero-order valence-corrected chi connectivity index (χ0v) is 13.7.